The molecule has 1 aromatic rings. The van der Waals surface area contributed by atoms with Gasteiger partial charge >= 0.3 is 0 Å². The van der Waals surface area contributed by atoms with Gasteiger partial charge in [0.2, 0.25) is 11.8 Å². The Balaban J connectivity index is 1.74. The SMILES string of the molecule is Cc1ccc(N2C(=O)[C@@H]3[C@H]4CC[C@@H](C4)[C@H]3C2=O)cc1Cl. The van der Waals surface area contributed by atoms with Crippen LogP contribution in [-0.2, 0) is 9.59 Å². The molecule has 0 N–H and O–H groups in total. The lowest BCUT2D eigenvalue weighted by Crippen LogP contribution is -2.32. The molecule has 2 aliphatic carbocycles. The molecule has 2 bridgehead atoms. The summed E-state index contributed by atoms with van der Waals surface area (Å²) in [5.74, 6) is 0.696. The van der Waals surface area contributed by atoms with Gasteiger partial charge in [-0.3, -0.25) is 9.59 Å². The van der Waals surface area contributed by atoms with Gasteiger partial charge in [-0.1, -0.05) is 17.7 Å². The van der Waals surface area contributed by atoms with Crippen LogP contribution < -0.4 is 4.90 Å². The van der Waals surface area contributed by atoms with Crippen LogP contribution in [0, 0.1) is 30.6 Å². The maximum Gasteiger partial charge on any atom is 0.237 e. The number of amides is 2. The standard InChI is InChI=1S/C16H16ClNO2/c1-8-2-5-11(7-12(8)17)18-15(19)13-9-3-4-10(6-9)14(13)16(18)20/h2,5,7,9-10,13-14H,3-4,6H2,1H3/t9-,10-,13+,14+/m0/s1. The molecular weight excluding hydrogens is 274 g/mol. The summed E-state index contributed by atoms with van der Waals surface area (Å²) < 4.78 is 0. The molecule has 1 aromatic carbocycles. The van der Waals surface area contributed by atoms with Crippen molar-refractivity contribution in [2.45, 2.75) is 26.2 Å². The minimum absolute atomic E-state index is 0.00730. The van der Waals surface area contributed by atoms with E-state index in [1.807, 2.05) is 19.1 Å². The van der Waals surface area contributed by atoms with Crippen LogP contribution in [0.5, 0.6) is 0 Å². The molecule has 2 saturated carbocycles. The second-order valence-corrected chi connectivity index (χ2v) is 6.74. The van der Waals surface area contributed by atoms with Crippen molar-refractivity contribution in [1.29, 1.82) is 0 Å². The van der Waals surface area contributed by atoms with Crippen LogP contribution >= 0.6 is 11.6 Å². The zero-order valence-corrected chi connectivity index (χ0v) is 12.1. The minimum atomic E-state index is -0.0682. The van der Waals surface area contributed by atoms with Crippen molar-refractivity contribution in [3.05, 3.63) is 28.8 Å². The van der Waals surface area contributed by atoms with E-state index in [2.05, 4.69) is 0 Å². The first kappa shape index (κ1) is 12.4. The number of anilines is 1. The van der Waals surface area contributed by atoms with Crippen LogP contribution in [0.3, 0.4) is 0 Å². The molecular formula is C16H16ClNO2. The largest absolute Gasteiger partial charge is 0.274 e. The second-order valence-electron chi connectivity index (χ2n) is 6.33. The maximum absolute atomic E-state index is 12.6. The Labute approximate surface area is 122 Å². The first-order valence-electron chi connectivity index (χ1n) is 7.22. The summed E-state index contributed by atoms with van der Waals surface area (Å²) in [7, 11) is 0. The Hall–Kier alpha value is -1.35. The molecule has 20 heavy (non-hydrogen) atoms. The predicted octanol–water partition coefficient (Wildman–Crippen LogP) is 3.18. The third-order valence-electron chi connectivity index (χ3n) is 5.34. The van der Waals surface area contributed by atoms with Crippen LogP contribution in [0.2, 0.25) is 5.02 Å². The second kappa shape index (κ2) is 4.08. The van der Waals surface area contributed by atoms with Gasteiger partial charge in [0.05, 0.1) is 17.5 Å². The molecule has 0 unspecified atom stereocenters. The quantitative estimate of drug-likeness (QED) is 0.745. The van der Waals surface area contributed by atoms with E-state index in [1.165, 1.54) is 4.90 Å². The molecule has 0 aromatic heterocycles. The third kappa shape index (κ3) is 1.47. The topological polar surface area (TPSA) is 37.4 Å². The molecule has 4 atom stereocenters. The highest BCUT2D eigenvalue weighted by Crippen LogP contribution is 2.56. The maximum atomic E-state index is 12.6. The van der Waals surface area contributed by atoms with Gasteiger partial charge in [0, 0.05) is 5.02 Å². The fourth-order valence-electron chi connectivity index (χ4n) is 4.38. The van der Waals surface area contributed by atoms with Gasteiger partial charge in [0.25, 0.3) is 0 Å². The number of hydrogen-bond acceptors (Lipinski definition) is 2. The molecule has 0 radical (unpaired) electrons. The first-order chi connectivity index (χ1) is 9.58. The molecule has 0 spiro atoms. The minimum Gasteiger partial charge on any atom is -0.274 e. The fraction of sp³-hybridized carbons (Fsp3) is 0.500. The molecule has 1 aliphatic heterocycles. The van der Waals surface area contributed by atoms with Gasteiger partial charge in [-0.2, -0.15) is 0 Å². The number of aryl methyl sites for hydroxylation is 1. The number of hydrogen-bond donors (Lipinski definition) is 0. The highest BCUT2D eigenvalue weighted by Gasteiger charge is 2.61. The Kier molecular flexibility index (Phi) is 2.53. The van der Waals surface area contributed by atoms with E-state index < -0.39 is 0 Å². The number of nitrogens with zero attached hydrogens (tertiary/aromatic N) is 1. The van der Waals surface area contributed by atoms with Crippen LogP contribution in [-0.4, -0.2) is 11.8 Å². The van der Waals surface area contributed by atoms with Gasteiger partial charge in [-0.15, -0.1) is 0 Å². The third-order valence-corrected chi connectivity index (χ3v) is 5.75. The van der Waals surface area contributed by atoms with E-state index in [1.54, 1.807) is 6.07 Å². The summed E-state index contributed by atoms with van der Waals surface area (Å²) in [4.78, 5) is 26.7. The number of fused-ring (bicyclic) bond motifs is 5. The first-order valence-corrected chi connectivity index (χ1v) is 7.59. The Bertz CT molecular complexity index is 599. The van der Waals surface area contributed by atoms with Crippen molar-refractivity contribution >= 4 is 29.1 Å². The van der Waals surface area contributed by atoms with E-state index in [-0.39, 0.29) is 23.7 Å². The average molecular weight is 290 g/mol. The Morgan fingerprint density at radius 3 is 2.25 bits per heavy atom. The van der Waals surface area contributed by atoms with Gasteiger partial charge in [0.1, 0.15) is 0 Å². The van der Waals surface area contributed by atoms with Gasteiger partial charge in [-0.25, -0.2) is 4.90 Å². The number of carbonyl (C=O) groups is 2. The lowest BCUT2D eigenvalue weighted by molar-refractivity contribution is -0.123. The molecule has 1 heterocycles. The van der Waals surface area contributed by atoms with Gasteiger partial charge in [0.15, 0.2) is 0 Å². The number of rotatable bonds is 1. The summed E-state index contributed by atoms with van der Waals surface area (Å²) in [6, 6.07) is 5.41. The van der Waals surface area contributed by atoms with Crippen molar-refractivity contribution in [2.75, 3.05) is 4.90 Å². The number of imide groups is 1. The van der Waals surface area contributed by atoms with Crippen LogP contribution in [0.1, 0.15) is 24.8 Å². The summed E-state index contributed by atoms with van der Waals surface area (Å²) in [5.41, 5.74) is 1.58. The molecule has 3 fully saturated rings. The van der Waals surface area contributed by atoms with Crippen molar-refractivity contribution in [3.8, 4) is 0 Å². The van der Waals surface area contributed by atoms with E-state index in [0.717, 1.165) is 24.8 Å². The average Bonchev–Trinajstić information content (AvgIpc) is 3.08. The number of carbonyl (C=O) groups excluding carboxylic acids is 2. The van der Waals surface area contributed by atoms with E-state index in [9.17, 15) is 9.59 Å². The lowest BCUT2D eigenvalue weighted by Gasteiger charge is -2.19. The normalized spacial score (nSPS) is 35.0. The zero-order valence-electron chi connectivity index (χ0n) is 11.3. The van der Waals surface area contributed by atoms with Crippen molar-refractivity contribution < 1.29 is 9.59 Å². The summed E-state index contributed by atoms with van der Waals surface area (Å²) in [6.45, 7) is 1.91. The summed E-state index contributed by atoms with van der Waals surface area (Å²) in [5, 5.41) is 0.600. The summed E-state index contributed by atoms with van der Waals surface area (Å²) in [6.07, 6.45) is 3.27. The van der Waals surface area contributed by atoms with Crippen LogP contribution in [0.4, 0.5) is 5.69 Å². The van der Waals surface area contributed by atoms with Crippen LogP contribution in [0.15, 0.2) is 18.2 Å². The van der Waals surface area contributed by atoms with E-state index in [0.29, 0.717) is 22.5 Å². The highest BCUT2D eigenvalue weighted by molar-refractivity contribution is 6.32. The molecule has 4 rings (SSSR count). The van der Waals surface area contributed by atoms with E-state index >= 15 is 0 Å². The van der Waals surface area contributed by atoms with Gasteiger partial charge < -0.3 is 0 Å². The fourth-order valence-corrected chi connectivity index (χ4v) is 4.56. The van der Waals surface area contributed by atoms with Crippen molar-refractivity contribution in [1.82, 2.24) is 0 Å². The zero-order chi connectivity index (χ0) is 14.0. The van der Waals surface area contributed by atoms with Gasteiger partial charge in [-0.05, 0) is 55.7 Å². The molecule has 3 aliphatic rings. The summed E-state index contributed by atoms with van der Waals surface area (Å²) >= 11 is 6.13. The monoisotopic (exact) mass is 289 g/mol. The molecule has 3 nitrogen and oxygen atoms in total. The Morgan fingerprint density at radius 2 is 1.70 bits per heavy atom. The highest BCUT2D eigenvalue weighted by atomic mass is 35.5. The molecule has 104 valence electrons. The van der Waals surface area contributed by atoms with Crippen molar-refractivity contribution in [3.63, 3.8) is 0 Å². The van der Waals surface area contributed by atoms with Crippen molar-refractivity contribution in [2.24, 2.45) is 23.7 Å². The Morgan fingerprint density at radius 1 is 1.10 bits per heavy atom. The molecule has 1 saturated heterocycles. The number of halogens is 1. The predicted molar refractivity (Wildman–Crippen MR) is 76.5 cm³/mol. The van der Waals surface area contributed by atoms with E-state index in [4.69, 9.17) is 11.6 Å². The lowest BCUT2D eigenvalue weighted by atomic mass is 9.81. The smallest absolute Gasteiger partial charge is 0.237 e. The number of benzene rings is 1. The molecule has 2 amide bonds. The van der Waals surface area contributed by atoms with Crippen LogP contribution in [0.25, 0.3) is 0 Å². The molecule has 4 heteroatoms.